The molecule has 0 bridgehead atoms. The summed E-state index contributed by atoms with van der Waals surface area (Å²) in [6.07, 6.45) is 9.96. The Labute approximate surface area is 274 Å². The molecule has 0 amide bonds. The standard InChI is InChI=1S/C33H41BrN9OP/c1-41-13-15-42(16-14-41)22-9-12-43-23(18-22)6-5-21-17-27(29(44-2)19-28(21)43)39-33-37-20-24(34)32(40-33)38-26-8-7-25-30(31(26)45(3)4)36-11-10-35-25/h7-8,10-11,17,19-20,22-23H,5-6,9,12-16,18H2,1-4H3,(H2,37,38,39,40)/t22?,23-/m0/s1. The van der Waals surface area contributed by atoms with Crippen molar-refractivity contribution in [1.82, 2.24) is 29.7 Å². The van der Waals surface area contributed by atoms with Crippen LogP contribution in [0.3, 0.4) is 0 Å². The molecule has 3 aliphatic heterocycles. The maximum absolute atomic E-state index is 5.93. The van der Waals surface area contributed by atoms with E-state index in [1.807, 2.05) is 6.07 Å². The fraction of sp³-hybridized carbons (Fsp3) is 0.455. The summed E-state index contributed by atoms with van der Waals surface area (Å²) in [4.78, 5) is 26.4. The molecule has 2 aromatic heterocycles. The van der Waals surface area contributed by atoms with E-state index in [9.17, 15) is 0 Å². The number of ether oxygens (including phenoxy) is 1. The van der Waals surface area contributed by atoms with Crippen LogP contribution >= 0.6 is 23.9 Å². The van der Waals surface area contributed by atoms with Gasteiger partial charge in [-0.1, -0.05) is 7.92 Å². The first-order valence-corrected chi connectivity index (χ1v) is 18.8. The van der Waals surface area contributed by atoms with Crippen LogP contribution in [0.4, 0.5) is 28.8 Å². The maximum Gasteiger partial charge on any atom is 0.229 e. The van der Waals surface area contributed by atoms with Crippen LogP contribution in [0.15, 0.2) is 47.3 Å². The van der Waals surface area contributed by atoms with Gasteiger partial charge in [0.05, 0.1) is 28.3 Å². The highest BCUT2D eigenvalue weighted by Gasteiger charge is 2.36. The summed E-state index contributed by atoms with van der Waals surface area (Å²) in [7, 11) is 3.51. The molecule has 12 heteroatoms. The first-order valence-electron chi connectivity index (χ1n) is 15.8. The fourth-order valence-corrected chi connectivity index (χ4v) is 8.65. The molecule has 2 atom stereocenters. The lowest BCUT2D eigenvalue weighted by Gasteiger charge is -2.48. The van der Waals surface area contributed by atoms with Crippen LogP contribution in [0.25, 0.3) is 11.0 Å². The molecule has 0 spiro atoms. The summed E-state index contributed by atoms with van der Waals surface area (Å²) < 4.78 is 6.71. The van der Waals surface area contributed by atoms with Crippen molar-refractivity contribution in [3.8, 4) is 5.75 Å². The summed E-state index contributed by atoms with van der Waals surface area (Å²) in [5, 5.41) is 8.17. The second-order valence-corrected chi connectivity index (χ2v) is 15.6. The van der Waals surface area contributed by atoms with Crippen LogP contribution in [0.1, 0.15) is 24.8 Å². The Morgan fingerprint density at radius 3 is 2.56 bits per heavy atom. The third-order valence-corrected chi connectivity index (χ3v) is 11.4. The highest BCUT2D eigenvalue weighted by molar-refractivity contribution is 9.10. The number of rotatable bonds is 7. The Morgan fingerprint density at radius 1 is 0.933 bits per heavy atom. The average molecular weight is 691 g/mol. The quantitative estimate of drug-likeness (QED) is 0.240. The van der Waals surface area contributed by atoms with E-state index in [0.29, 0.717) is 23.8 Å². The topological polar surface area (TPSA) is 94.6 Å². The summed E-state index contributed by atoms with van der Waals surface area (Å²) >= 11 is 3.65. The Morgan fingerprint density at radius 2 is 1.76 bits per heavy atom. The number of aryl methyl sites for hydroxylation is 1. The summed E-state index contributed by atoms with van der Waals surface area (Å²) in [5.74, 6) is 1.98. The number of piperidine rings is 1. The lowest BCUT2D eigenvalue weighted by molar-refractivity contribution is 0.0892. The molecule has 1 unspecified atom stereocenters. The molecule has 2 fully saturated rings. The van der Waals surface area contributed by atoms with Crippen molar-refractivity contribution in [2.24, 2.45) is 0 Å². The van der Waals surface area contributed by atoms with Gasteiger partial charge >= 0.3 is 0 Å². The zero-order valence-electron chi connectivity index (χ0n) is 26.4. The van der Waals surface area contributed by atoms with E-state index in [1.165, 1.54) is 56.7 Å². The number of hydrogen-bond acceptors (Lipinski definition) is 10. The van der Waals surface area contributed by atoms with Gasteiger partial charge in [0, 0.05) is 86.1 Å². The molecule has 10 nitrogen and oxygen atoms in total. The summed E-state index contributed by atoms with van der Waals surface area (Å²) in [6, 6.07) is 9.79. The van der Waals surface area contributed by atoms with Gasteiger partial charge in [-0.05, 0) is 85.8 Å². The molecule has 5 heterocycles. The minimum absolute atomic E-state index is 0.459. The van der Waals surface area contributed by atoms with Gasteiger partial charge in [-0.2, -0.15) is 4.98 Å². The maximum atomic E-state index is 5.93. The first kappa shape index (κ1) is 30.5. The van der Waals surface area contributed by atoms with E-state index >= 15 is 0 Å². The lowest BCUT2D eigenvalue weighted by atomic mass is 9.86. The molecule has 7 rings (SSSR count). The van der Waals surface area contributed by atoms with Crippen LogP contribution in [0, 0.1) is 0 Å². The van der Waals surface area contributed by atoms with Gasteiger partial charge in [-0.3, -0.25) is 14.9 Å². The van der Waals surface area contributed by atoms with E-state index in [0.717, 1.165) is 50.9 Å². The van der Waals surface area contributed by atoms with Gasteiger partial charge in [-0.15, -0.1) is 0 Å². The van der Waals surface area contributed by atoms with Crippen LogP contribution < -0.4 is 25.6 Å². The highest BCUT2D eigenvalue weighted by atomic mass is 79.9. The minimum atomic E-state index is -0.459. The van der Waals surface area contributed by atoms with Crippen molar-refractivity contribution in [1.29, 1.82) is 0 Å². The summed E-state index contributed by atoms with van der Waals surface area (Å²) in [5.41, 5.74) is 6.33. The molecule has 2 N–H and O–H groups in total. The smallest absolute Gasteiger partial charge is 0.229 e. The normalized spacial score (nSPS) is 20.6. The van der Waals surface area contributed by atoms with Gasteiger partial charge in [0.2, 0.25) is 5.95 Å². The van der Waals surface area contributed by atoms with E-state index < -0.39 is 7.92 Å². The van der Waals surface area contributed by atoms with E-state index in [1.54, 1.807) is 25.7 Å². The largest absolute Gasteiger partial charge is 0.494 e. The van der Waals surface area contributed by atoms with Crippen molar-refractivity contribution in [3.63, 3.8) is 0 Å². The molecule has 45 heavy (non-hydrogen) atoms. The van der Waals surface area contributed by atoms with Gasteiger partial charge in [0.1, 0.15) is 11.6 Å². The second-order valence-electron chi connectivity index (χ2n) is 12.5. The Bertz CT molecular complexity index is 1700. The van der Waals surface area contributed by atoms with Crippen molar-refractivity contribution in [2.75, 3.05) is 75.7 Å². The Balaban J connectivity index is 1.11. The van der Waals surface area contributed by atoms with Gasteiger partial charge in [-0.25, -0.2) is 4.98 Å². The molecule has 0 saturated carbocycles. The monoisotopic (exact) mass is 689 g/mol. The SMILES string of the molecule is COc1cc2c(cc1Nc1ncc(Br)c(Nc3ccc4nccnc4c3P(C)C)n1)CC[C@H]1CC(N3CCN(C)CC3)CCN21. The molecule has 236 valence electrons. The zero-order valence-corrected chi connectivity index (χ0v) is 28.9. The fourth-order valence-electron chi connectivity index (χ4n) is 7.15. The first-order chi connectivity index (χ1) is 21.9. The minimum Gasteiger partial charge on any atom is -0.494 e. The van der Waals surface area contributed by atoms with Crippen LogP contribution in [0.2, 0.25) is 0 Å². The van der Waals surface area contributed by atoms with Crippen LogP contribution in [-0.2, 0) is 6.42 Å². The van der Waals surface area contributed by atoms with Gasteiger partial charge in [0.15, 0.2) is 0 Å². The number of fused-ring (bicyclic) bond motifs is 4. The third kappa shape index (κ3) is 6.20. The molecule has 2 aromatic carbocycles. The average Bonchev–Trinajstić information content (AvgIpc) is 3.05. The molecule has 0 radical (unpaired) electrons. The number of piperazine rings is 1. The number of aromatic nitrogens is 4. The van der Waals surface area contributed by atoms with Crippen molar-refractivity contribution in [2.45, 2.75) is 37.8 Å². The lowest BCUT2D eigenvalue weighted by Crippen LogP contribution is -2.55. The highest BCUT2D eigenvalue weighted by Crippen LogP contribution is 2.42. The Kier molecular flexibility index (Phi) is 8.79. The zero-order chi connectivity index (χ0) is 31.1. The van der Waals surface area contributed by atoms with Crippen molar-refractivity contribution in [3.05, 3.63) is 52.9 Å². The molecule has 2 saturated heterocycles. The molecule has 3 aliphatic rings. The Hall–Kier alpha value is -3.11. The number of anilines is 5. The molecule has 0 aliphatic carbocycles. The predicted molar refractivity (Wildman–Crippen MR) is 189 cm³/mol. The number of hydrogen-bond donors (Lipinski definition) is 2. The number of benzene rings is 2. The van der Waals surface area contributed by atoms with Gasteiger partial charge < -0.3 is 25.2 Å². The van der Waals surface area contributed by atoms with Crippen molar-refractivity contribution >= 4 is 69.0 Å². The number of nitrogens with zero attached hydrogens (tertiary/aromatic N) is 7. The molecule has 4 aromatic rings. The van der Waals surface area contributed by atoms with Crippen LogP contribution in [0.5, 0.6) is 5.75 Å². The second kappa shape index (κ2) is 12.9. The van der Waals surface area contributed by atoms with E-state index in [-0.39, 0.29) is 0 Å². The molecular formula is C33H41BrN9OP. The molecular weight excluding hydrogens is 649 g/mol. The number of nitrogens with one attached hydrogen (secondary N) is 2. The van der Waals surface area contributed by atoms with Crippen LogP contribution in [-0.4, -0.2) is 102 Å². The van der Waals surface area contributed by atoms with E-state index in [2.05, 4.69) is 94.8 Å². The van der Waals surface area contributed by atoms with E-state index in [4.69, 9.17) is 9.72 Å². The number of likely N-dealkylation sites (N-methyl/N-ethyl adjacent to an activating group) is 1. The number of halogens is 1. The predicted octanol–water partition coefficient (Wildman–Crippen LogP) is 5.58. The van der Waals surface area contributed by atoms with Crippen molar-refractivity contribution < 1.29 is 4.74 Å². The van der Waals surface area contributed by atoms with Gasteiger partial charge in [0.25, 0.3) is 0 Å². The summed E-state index contributed by atoms with van der Waals surface area (Å²) in [6.45, 7) is 10.3. The number of methoxy groups -OCH3 is 1. The third-order valence-electron chi connectivity index (χ3n) is 9.50.